The Balaban J connectivity index is 2.45. The lowest BCUT2D eigenvalue weighted by atomic mass is 10.3. The van der Waals surface area contributed by atoms with Gasteiger partial charge in [0.2, 0.25) is 5.91 Å². The van der Waals surface area contributed by atoms with Crippen LogP contribution in [-0.4, -0.2) is 21.4 Å². The monoisotopic (exact) mass is 326 g/mol. The number of aryl methyl sites for hydroxylation is 1. The molecule has 0 fully saturated rings. The van der Waals surface area contributed by atoms with Crippen molar-refractivity contribution in [3.05, 3.63) is 32.8 Å². The number of H-pyrrole nitrogens is 1. The first kappa shape index (κ1) is 13.3. The molecule has 3 N–H and O–H groups in total. The third-order valence-corrected chi connectivity index (χ3v) is 3.14. The number of pyridine rings is 1. The molecular formula is C11H11BrN4O3. The lowest BCUT2D eigenvalue weighted by Gasteiger charge is -2.02. The molecule has 0 radical (unpaired) electrons. The average molecular weight is 327 g/mol. The fourth-order valence-electron chi connectivity index (χ4n) is 1.62. The number of halogens is 1. The Hall–Kier alpha value is -2.09. The van der Waals surface area contributed by atoms with E-state index in [-0.39, 0.29) is 17.2 Å². The number of hydrogen-bond donors (Lipinski definition) is 3. The molecule has 0 saturated carbocycles. The summed E-state index contributed by atoms with van der Waals surface area (Å²) >= 11 is 3.33. The van der Waals surface area contributed by atoms with Crippen molar-refractivity contribution in [2.75, 3.05) is 0 Å². The molecule has 0 aromatic carbocycles. The Kier molecular flexibility index (Phi) is 3.43. The van der Waals surface area contributed by atoms with E-state index < -0.39 is 5.91 Å². The van der Waals surface area contributed by atoms with E-state index in [1.165, 1.54) is 17.6 Å². The van der Waals surface area contributed by atoms with Crippen LogP contribution in [-0.2, 0) is 11.8 Å². The van der Waals surface area contributed by atoms with Crippen LogP contribution in [0.3, 0.4) is 0 Å². The quantitative estimate of drug-likeness (QED) is 0.662. The molecule has 0 aliphatic rings. The molecule has 0 aliphatic heterocycles. The van der Waals surface area contributed by atoms with Crippen molar-refractivity contribution in [1.29, 1.82) is 0 Å². The van der Waals surface area contributed by atoms with Gasteiger partial charge in [0.05, 0.1) is 0 Å². The molecule has 0 bridgehead atoms. The molecule has 2 aromatic rings. The molecule has 8 heteroatoms. The van der Waals surface area contributed by atoms with E-state index in [1.54, 1.807) is 13.2 Å². The number of carbonyl (C=O) groups is 2. The zero-order valence-corrected chi connectivity index (χ0v) is 11.8. The highest BCUT2D eigenvalue weighted by Gasteiger charge is 2.14. The highest BCUT2D eigenvalue weighted by atomic mass is 79.9. The molecule has 0 spiro atoms. The number of aromatic amines is 1. The number of nitrogens with zero attached hydrogens (tertiary/aromatic N) is 1. The van der Waals surface area contributed by atoms with Crippen LogP contribution in [0.5, 0.6) is 0 Å². The first-order valence-corrected chi connectivity index (χ1v) is 6.14. The highest BCUT2D eigenvalue weighted by molar-refractivity contribution is 9.10. The van der Waals surface area contributed by atoms with Crippen molar-refractivity contribution in [3.8, 4) is 0 Å². The highest BCUT2D eigenvalue weighted by Crippen LogP contribution is 2.21. The van der Waals surface area contributed by atoms with E-state index in [4.69, 9.17) is 0 Å². The van der Waals surface area contributed by atoms with Crippen LogP contribution in [0.15, 0.2) is 21.5 Å². The summed E-state index contributed by atoms with van der Waals surface area (Å²) in [6.45, 7) is 1.28. The molecule has 19 heavy (non-hydrogen) atoms. The minimum atomic E-state index is -0.527. The zero-order valence-electron chi connectivity index (χ0n) is 10.2. The van der Waals surface area contributed by atoms with Gasteiger partial charge in [0, 0.05) is 30.0 Å². The summed E-state index contributed by atoms with van der Waals surface area (Å²) in [7, 11) is 1.62. The maximum Gasteiger partial charge on any atom is 0.286 e. The van der Waals surface area contributed by atoms with Crippen molar-refractivity contribution < 1.29 is 9.59 Å². The van der Waals surface area contributed by atoms with Crippen molar-refractivity contribution in [3.63, 3.8) is 0 Å². The molecule has 2 rings (SSSR count). The van der Waals surface area contributed by atoms with Crippen LogP contribution < -0.4 is 16.4 Å². The van der Waals surface area contributed by atoms with Crippen LogP contribution in [0.1, 0.15) is 17.4 Å². The van der Waals surface area contributed by atoms with E-state index in [2.05, 4.69) is 31.8 Å². The number of nitrogens with one attached hydrogen (secondary N) is 3. The van der Waals surface area contributed by atoms with Crippen LogP contribution in [0.25, 0.3) is 10.9 Å². The van der Waals surface area contributed by atoms with Crippen molar-refractivity contribution in [2.24, 2.45) is 7.05 Å². The second-order valence-electron chi connectivity index (χ2n) is 4.00. The Morgan fingerprint density at radius 1 is 1.37 bits per heavy atom. The summed E-state index contributed by atoms with van der Waals surface area (Å²) in [6.07, 6.45) is 1.62. The second-order valence-corrected chi connectivity index (χ2v) is 4.85. The predicted octanol–water partition coefficient (Wildman–Crippen LogP) is 0.410. The number of aromatic nitrogens is 2. The van der Waals surface area contributed by atoms with Gasteiger partial charge in [-0.2, -0.15) is 0 Å². The molecule has 0 aliphatic carbocycles. The normalized spacial score (nSPS) is 10.5. The van der Waals surface area contributed by atoms with E-state index in [0.29, 0.717) is 15.4 Å². The Morgan fingerprint density at radius 3 is 2.68 bits per heavy atom. The first-order valence-electron chi connectivity index (χ1n) is 5.35. The molecule has 7 nitrogen and oxygen atoms in total. The van der Waals surface area contributed by atoms with Crippen LogP contribution in [0, 0.1) is 0 Å². The van der Waals surface area contributed by atoms with Gasteiger partial charge in [-0.3, -0.25) is 25.2 Å². The van der Waals surface area contributed by atoms with E-state index in [1.807, 2.05) is 0 Å². The van der Waals surface area contributed by atoms with Gasteiger partial charge in [-0.25, -0.2) is 0 Å². The minimum Gasteiger partial charge on any atom is -0.346 e. The van der Waals surface area contributed by atoms with Gasteiger partial charge in [0.25, 0.3) is 11.5 Å². The predicted molar refractivity (Wildman–Crippen MR) is 72.5 cm³/mol. The van der Waals surface area contributed by atoms with Gasteiger partial charge < -0.3 is 9.55 Å². The minimum absolute atomic E-state index is 0.188. The fraction of sp³-hybridized carbons (Fsp3) is 0.182. The van der Waals surface area contributed by atoms with Gasteiger partial charge in [0.1, 0.15) is 11.2 Å². The summed E-state index contributed by atoms with van der Waals surface area (Å²) in [6, 6.07) is 1.54. The van der Waals surface area contributed by atoms with E-state index in [9.17, 15) is 14.4 Å². The van der Waals surface area contributed by atoms with Crippen LogP contribution in [0.2, 0.25) is 0 Å². The van der Waals surface area contributed by atoms with Crippen molar-refractivity contribution in [1.82, 2.24) is 20.4 Å². The topological polar surface area (TPSA) is 96.0 Å². The van der Waals surface area contributed by atoms with E-state index >= 15 is 0 Å². The summed E-state index contributed by atoms with van der Waals surface area (Å²) in [5.74, 6) is -0.915. The van der Waals surface area contributed by atoms with Gasteiger partial charge in [-0.1, -0.05) is 0 Å². The van der Waals surface area contributed by atoms with Crippen LogP contribution in [0.4, 0.5) is 0 Å². The molecule has 2 amide bonds. The summed E-state index contributed by atoms with van der Waals surface area (Å²) < 4.78 is 2.10. The maximum atomic E-state index is 11.9. The third-order valence-electron chi connectivity index (χ3n) is 2.51. The van der Waals surface area contributed by atoms with Crippen molar-refractivity contribution in [2.45, 2.75) is 6.92 Å². The largest absolute Gasteiger partial charge is 0.346 e. The zero-order chi connectivity index (χ0) is 14.2. The maximum absolute atomic E-state index is 11.9. The SMILES string of the molecule is CC(=O)NNC(=O)c1cc2c(Br)cn(C)c(=O)c2[nH]1. The number of hydrazine groups is 1. The summed E-state index contributed by atoms with van der Waals surface area (Å²) in [5, 5.41) is 0.607. The number of amides is 2. The summed E-state index contributed by atoms with van der Waals surface area (Å²) in [4.78, 5) is 37.1. The van der Waals surface area contributed by atoms with Crippen molar-refractivity contribution >= 4 is 38.6 Å². The van der Waals surface area contributed by atoms with Gasteiger partial charge >= 0.3 is 0 Å². The number of carbonyl (C=O) groups excluding carboxylic acids is 2. The Labute approximate surface area is 116 Å². The number of rotatable bonds is 1. The molecule has 2 heterocycles. The number of fused-ring (bicyclic) bond motifs is 1. The van der Waals surface area contributed by atoms with Gasteiger partial charge in [0.15, 0.2) is 0 Å². The lowest BCUT2D eigenvalue weighted by molar-refractivity contribution is -0.119. The van der Waals surface area contributed by atoms with Gasteiger partial charge in [-0.15, -0.1) is 0 Å². The molecular weight excluding hydrogens is 316 g/mol. The summed E-state index contributed by atoms with van der Waals surface area (Å²) in [5.41, 5.74) is 4.67. The second kappa shape index (κ2) is 4.88. The fourth-order valence-corrected chi connectivity index (χ4v) is 2.24. The molecule has 100 valence electrons. The molecule has 0 atom stereocenters. The number of hydrogen-bond acceptors (Lipinski definition) is 3. The lowest BCUT2D eigenvalue weighted by Crippen LogP contribution is -2.40. The van der Waals surface area contributed by atoms with E-state index in [0.717, 1.165) is 0 Å². The smallest absolute Gasteiger partial charge is 0.286 e. The molecule has 0 unspecified atom stereocenters. The molecule has 2 aromatic heterocycles. The first-order chi connectivity index (χ1) is 8.90. The Bertz CT molecular complexity index is 731. The molecule has 0 saturated heterocycles. The van der Waals surface area contributed by atoms with Crippen LogP contribution >= 0.6 is 15.9 Å². The van der Waals surface area contributed by atoms with Gasteiger partial charge in [-0.05, 0) is 22.0 Å². The third kappa shape index (κ3) is 2.53. The average Bonchev–Trinajstić information content (AvgIpc) is 2.78. The standard InChI is InChI=1S/C11H11BrN4O3/c1-5(17)14-15-10(18)8-3-6-7(12)4-16(2)11(19)9(6)13-8/h3-4,13H,1-2H3,(H,14,17)(H,15,18). The Morgan fingerprint density at radius 2 is 2.05 bits per heavy atom.